The van der Waals surface area contributed by atoms with Crippen molar-refractivity contribution in [2.24, 2.45) is 5.92 Å². The standard InChI is InChI=1S/C17H19F2N3O2S/c1-24-13-7-6-12(14(18)15(13)19)22(10-11-4-2-3-5-11)17(23)21-16-20-8-9-25-16/h6-9,11H,2-5,10H2,1H3,(H,20,21,23). The monoisotopic (exact) mass is 367 g/mol. The molecule has 2 aromatic rings. The molecule has 1 saturated carbocycles. The molecular weight excluding hydrogens is 348 g/mol. The quantitative estimate of drug-likeness (QED) is 0.836. The minimum Gasteiger partial charge on any atom is -0.494 e. The predicted octanol–water partition coefficient (Wildman–Crippen LogP) is 4.66. The number of urea groups is 1. The molecule has 0 saturated heterocycles. The van der Waals surface area contributed by atoms with Gasteiger partial charge in [-0.25, -0.2) is 14.2 Å². The highest BCUT2D eigenvalue weighted by Crippen LogP contribution is 2.32. The van der Waals surface area contributed by atoms with E-state index in [1.54, 1.807) is 11.6 Å². The van der Waals surface area contributed by atoms with Crippen molar-refractivity contribution in [2.45, 2.75) is 25.7 Å². The Labute approximate surface area is 148 Å². The van der Waals surface area contributed by atoms with Gasteiger partial charge in [-0.15, -0.1) is 11.3 Å². The summed E-state index contributed by atoms with van der Waals surface area (Å²) in [4.78, 5) is 17.9. The molecule has 1 fully saturated rings. The lowest BCUT2D eigenvalue weighted by molar-refractivity contribution is 0.255. The summed E-state index contributed by atoms with van der Waals surface area (Å²) in [5.41, 5.74) is -0.0979. The first-order valence-corrected chi connectivity index (χ1v) is 8.98. The van der Waals surface area contributed by atoms with E-state index in [1.807, 2.05) is 0 Å². The fourth-order valence-electron chi connectivity index (χ4n) is 3.07. The van der Waals surface area contributed by atoms with Crippen LogP contribution in [0.1, 0.15) is 25.7 Å². The molecule has 0 bridgehead atoms. The van der Waals surface area contributed by atoms with E-state index >= 15 is 0 Å². The molecule has 0 radical (unpaired) electrons. The van der Waals surface area contributed by atoms with Crippen LogP contribution < -0.4 is 15.0 Å². The van der Waals surface area contributed by atoms with Crippen molar-refractivity contribution < 1.29 is 18.3 Å². The molecule has 1 N–H and O–H groups in total. The highest BCUT2D eigenvalue weighted by molar-refractivity contribution is 7.13. The summed E-state index contributed by atoms with van der Waals surface area (Å²) >= 11 is 1.26. The van der Waals surface area contributed by atoms with Crippen molar-refractivity contribution in [1.29, 1.82) is 0 Å². The van der Waals surface area contributed by atoms with Gasteiger partial charge in [-0.05, 0) is 30.9 Å². The second-order valence-electron chi connectivity index (χ2n) is 5.94. The lowest BCUT2D eigenvalue weighted by Gasteiger charge is -2.26. The molecular formula is C17H19F2N3O2S. The number of anilines is 2. The Morgan fingerprint density at radius 3 is 2.76 bits per heavy atom. The van der Waals surface area contributed by atoms with Gasteiger partial charge in [0, 0.05) is 18.1 Å². The summed E-state index contributed by atoms with van der Waals surface area (Å²) in [5, 5.41) is 4.78. The predicted molar refractivity (Wildman–Crippen MR) is 93.3 cm³/mol. The second-order valence-corrected chi connectivity index (χ2v) is 6.84. The van der Waals surface area contributed by atoms with E-state index in [1.165, 1.54) is 35.5 Å². The Morgan fingerprint density at radius 1 is 1.36 bits per heavy atom. The lowest BCUT2D eigenvalue weighted by atomic mass is 10.1. The van der Waals surface area contributed by atoms with Crippen molar-refractivity contribution in [3.05, 3.63) is 35.3 Å². The molecule has 1 aliphatic rings. The maximum Gasteiger partial charge on any atom is 0.328 e. The number of thiazole rings is 1. The van der Waals surface area contributed by atoms with Gasteiger partial charge in [-0.1, -0.05) is 12.8 Å². The Balaban J connectivity index is 1.89. The number of amides is 2. The van der Waals surface area contributed by atoms with Gasteiger partial charge in [0.15, 0.2) is 16.7 Å². The number of hydrogen-bond donors (Lipinski definition) is 1. The van der Waals surface area contributed by atoms with Crippen LogP contribution in [0.5, 0.6) is 5.75 Å². The zero-order valence-corrected chi connectivity index (χ0v) is 14.6. The van der Waals surface area contributed by atoms with Crippen molar-refractivity contribution in [1.82, 2.24) is 4.98 Å². The van der Waals surface area contributed by atoms with Crippen molar-refractivity contribution >= 4 is 28.2 Å². The first kappa shape index (κ1) is 17.6. The van der Waals surface area contributed by atoms with Crippen molar-refractivity contribution in [3.8, 4) is 5.75 Å². The molecule has 8 heteroatoms. The second kappa shape index (κ2) is 7.77. The number of benzene rings is 1. The smallest absolute Gasteiger partial charge is 0.328 e. The summed E-state index contributed by atoms with van der Waals surface area (Å²) in [6.07, 6.45) is 5.69. The Morgan fingerprint density at radius 2 is 2.12 bits per heavy atom. The molecule has 0 atom stereocenters. The summed E-state index contributed by atoms with van der Waals surface area (Å²) in [6, 6.07) is 2.17. The molecule has 1 heterocycles. The lowest BCUT2D eigenvalue weighted by Crippen LogP contribution is -2.39. The molecule has 0 unspecified atom stereocenters. The largest absolute Gasteiger partial charge is 0.494 e. The van der Waals surface area contributed by atoms with E-state index in [0.717, 1.165) is 25.7 Å². The zero-order chi connectivity index (χ0) is 17.8. The normalized spacial score (nSPS) is 14.5. The van der Waals surface area contributed by atoms with Gasteiger partial charge in [0.2, 0.25) is 5.82 Å². The van der Waals surface area contributed by atoms with Crippen molar-refractivity contribution in [2.75, 3.05) is 23.9 Å². The molecule has 1 aromatic carbocycles. The minimum absolute atomic E-state index is 0.0979. The summed E-state index contributed by atoms with van der Waals surface area (Å²) in [6.45, 7) is 0.333. The molecule has 3 rings (SSSR count). The molecule has 1 aliphatic carbocycles. The number of nitrogens with one attached hydrogen (secondary N) is 1. The maximum atomic E-state index is 14.5. The molecule has 5 nitrogen and oxygen atoms in total. The zero-order valence-electron chi connectivity index (χ0n) is 13.8. The third-order valence-corrected chi connectivity index (χ3v) is 5.03. The molecule has 0 aliphatic heterocycles. The number of hydrogen-bond acceptors (Lipinski definition) is 4. The number of carbonyl (C=O) groups excluding carboxylic acids is 1. The van der Waals surface area contributed by atoms with Gasteiger partial charge >= 0.3 is 6.03 Å². The van der Waals surface area contributed by atoms with E-state index in [4.69, 9.17) is 4.74 Å². The Bertz CT molecular complexity index is 734. The average molecular weight is 367 g/mol. The average Bonchev–Trinajstić information content (AvgIpc) is 3.29. The number of nitrogens with zero attached hydrogens (tertiary/aromatic N) is 2. The van der Waals surface area contributed by atoms with Gasteiger partial charge < -0.3 is 4.74 Å². The Kier molecular flexibility index (Phi) is 5.47. The van der Waals surface area contributed by atoms with Crippen LogP contribution in [0.2, 0.25) is 0 Å². The van der Waals surface area contributed by atoms with E-state index < -0.39 is 17.7 Å². The molecule has 2 amide bonds. The third-order valence-electron chi connectivity index (χ3n) is 4.34. The highest BCUT2D eigenvalue weighted by Gasteiger charge is 2.27. The first-order valence-electron chi connectivity index (χ1n) is 8.10. The number of rotatable bonds is 5. The third kappa shape index (κ3) is 3.89. The highest BCUT2D eigenvalue weighted by atomic mass is 32.1. The van der Waals surface area contributed by atoms with Crippen LogP contribution in [0.25, 0.3) is 0 Å². The topological polar surface area (TPSA) is 54.5 Å². The van der Waals surface area contributed by atoms with Gasteiger partial charge in [0.05, 0.1) is 12.8 Å². The van der Waals surface area contributed by atoms with E-state index in [9.17, 15) is 13.6 Å². The number of carbonyl (C=O) groups is 1. The first-order chi connectivity index (χ1) is 12.1. The molecule has 0 spiro atoms. The van der Waals surface area contributed by atoms with Crippen LogP contribution in [-0.2, 0) is 0 Å². The van der Waals surface area contributed by atoms with Crippen LogP contribution in [0.15, 0.2) is 23.7 Å². The number of halogens is 2. The van der Waals surface area contributed by atoms with Gasteiger partial charge in [0.1, 0.15) is 0 Å². The number of aromatic nitrogens is 1. The summed E-state index contributed by atoms with van der Waals surface area (Å²) in [5.74, 6) is -2.11. The molecule has 1 aromatic heterocycles. The summed E-state index contributed by atoms with van der Waals surface area (Å²) < 4.78 is 33.4. The van der Waals surface area contributed by atoms with E-state index in [-0.39, 0.29) is 17.4 Å². The van der Waals surface area contributed by atoms with Crippen LogP contribution in [-0.4, -0.2) is 24.7 Å². The minimum atomic E-state index is -1.10. The van der Waals surface area contributed by atoms with Crippen LogP contribution in [0.3, 0.4) is 0 Å². The summed E-state index contributed by atoms with van der Waals surface area (Å²) in [7, 11) is 1.27. The number of ether oxygens (including phenoxy) is 1. The maximum absolute atomic E-state index is 14.5. The van der Waals surface area contributed by atoms with Gasteiger partial charge in [0.25, 0.3) is 0 Å². The van der Waals surface area contributed by atoms with E-state index in [2.05, 4.69) is 10.3 Å². The van der Waals surface area contributed by atoms with Crippen LogP contribution in [0.4, 0.5) is 24.4 Å². The van der Waals surface area contributed by atoms with Crippen LogP contribution in [0, 0.1) is 17.6 Å². The fraction of sp³-hybridized carbons (Fsp3) is 0.412. The molecule has 134 valence electrons. The van der Waals surface area contributed by atoms with E-state index in [0.29, 0.717) is 11.7 Å². The SMILES string of the molecule is COc1ccc(N(CC2CCCC2)C(=O)Nc2nccs2)c(F)c1F. The number of methoxy groups -OCH3 is 1. The Hall–Kier alpha value is -2.22. The fourth-order valence-corrected chi connectivity index (χ4v) is 3.59. The van der Waals surface area contributed by atoms with Crippen LogP contribution >= 0.6 is 11.3 Å². The van der Waals surface area contributed by atoms with Gasteiger partial charge in [-0.2, -0.15) is 4.39 Å². The molecule has 25 heavy (non-hydrogen) atoms. The van der Waals surface area contributed by atoms with Crippen molar-refractivity contribution in [3.63, 3.8) is 0 Å². The van der Waals surface area contributed by atoms with Gasteiger partial charge in [-0.3, -0.25) is 10.2 Å².